The van der Waals surface area contributed by atoms with Crippen LogP contribution in [-0.4, -0.2) is 29.8 Å². The molecule has 9 heteroatoms. The molecule has 0 saturated carbocycles. The molecule has 0 atom stereocenters. The van der Waals surface area contributed by atoms with Crippen molar-refractivity contribution in [2.75, 3.05) is 17.1 Å². The molecular weight excluding hydrogens is 282 g/mol. The highest BCUT2D eigenvalue weighted by Gasteiger charge is 2.22. The van der Waals surface area contributed by atoms with Crippen LogP contribution in [0.25, 0.3) is 0 Å². The third-order valence-electron chi connectivity index (χ3n) is 2.49. The summed E-state index contributed by atoms with van der Waals surface area (Å²) < 4.78 is 33.7. The van der Waals surface area contributed by atoms with Crippen molar-refractivity contribution in [3.05, 3.63) is 24.5 Å². The summed E-state index contributed by atoms with van der Waals surface area (Å²) in [6, 6.07) is 4.43. The van der Waals surface area contributed by atoms with E-state index in [1.807, 2.05) is 0 Å². The van der Waals surface area contributed by atoms with Crippen molar-refractivity contribution < 1.29 is 13.2 Å². The fourth-order valence-corrected chi connectivity index (χ4v) is 2.79. The number of sulfonamides is 1. The molecule has 0 spiro atoms. The lowest BCUT2D eigenvalue weighted by Crippen LogP contribution is -2.17. The first-order valence-electron chi connectivity index (χ1n) is 5.83. The standard InChI is InChI=1S/C11H15N5O3S/c1-3-19-9-5-4-8(12)6-10(9)20(17,18)15-11-13-7-14-16(11)2/h4-7H,3,12H2,1-2H3,(H,13,14,15). The molecule has 2 rings (SSSR count). The van der Waals surface area contributed by atoms with Crippen LogP contribution in [0.15, 0.2) is 29.4 Å². The zero-order valence-electron chi connectivity index (χ0n) is 11.1. The Kier molecular flexibility index (Phi) is 3.79. The van der Waals surface area contributed by atoms with Crippen molar-refractivity contribution >= 4 is 21.7 Å². The molecule has 1 aromatic carbocycles. The fraction of sp³-hybridized carbons (Fsp3) is 0.273. The van der Waals surface area contributed by atoms with Crippen molar-refractivity contribution in [2.45, 2.75) is 11.8 Å². The van der Waals surface area contributed by atoms with E-state index in [0.717, 1.165) is 0 Å². The summed E-state index contributed by atoms with van der Waals surface area (Å²) in [5.74, 6) is 0.339. The molecule has 0 bridgehead atoms. The van der Waals surface area contributed by atoms with E-state index in [1.165, 1.54) is 23.1 Å². The quantitative estimate of drug-likeness (QED) is 0.781. The molecule has 0 aliphatic carbocycles. The van der Waals surface area contributed by atoms with Gasteiger partial charge < -0.3 is 10.5 Å². The van der Waals surface area contributed by atoms with Crippen LogP contribution in [0, 0.1) is 0 Å². The van der Waals surface area contributed by atoms with Crippen LogP contribution in [0.3, 0.4) is 0 Å². The van der Waals surface area contributed by atoms with Gasteiger partial charge in [0.05, 0.1) is 6.61 Å². The van der Waals surface area contributed by atoms with Crippen molar-refractivity contribution in [3.8, 4) is 5.75 Å². The van der Waals surface area contributed by atoms with Gasteiger partial charge in [-0.15, -0.1) is 0 Å². The molecule has 8 nitrogen and oxygen atoms in total. The number of nitrogen functional groups attached to an aromatic ring is 1. The molecule has 3 N–H and O–H groups in total. The normalized spacial score (nSPS) is 11.3. The van der Waals surface area contributed by atoms with Gasteiger partial charge in [-0.25, -0.2) is 17.8 Å². The van der Waals surface area contributed by atoms with Gasteiger partial charge in [0.2, 0.25) is 5.95 Å². The molecule has 1 heterocycles. The highest BCUT2D eigenvalue weighted by atomic mass is 32.2. The fourth-order valence-electron chi connectivity index (χ4n) is 1.57. The van der Waals surface area contributed by atoms with Gasteiger partial charge in [-0.1, -0.05) is 0 Å². The van der Waals surface area contributed by atoms with Gasteiger partial charge in [-0.3, -0.25) is 0 Å². The number of ether oxygens (including phenoxy) is 1. The van der Waals surface area contributed by atoms with Gasteiger partial charge >= 0.3 is 0 Å². The monoisotopic (exact) mass is 297 g/mol. The van der Waals surface area contributed by atoms with Crippen LogP contribution in [0.4, 0.5) is 11.6 Å². The number of benzene rings is 1. The maximum atomic E-state index is 12.4. The summed E-state index contributed by atoms with van der Waals surface area (Å²) in [5, 5.41) is 3.79. The molecule has 108 valence electrons. The first kappa shape index (κ1) is 14.1. The average molecular weight is 297 g/mol. The number of nitrogens with zero attached hydrogens (tertiary/aromatic N) is 3. The van der Waals surface area contributed by atoms with Crippen molar-refractivity contribution in [1.29, 1.82) is 0 Å². The minimum absolute atomic E-state index is 0.0395. The lowest BCUT2D eigenvalue weighted by atomic mass is 10.3. The molecule has 2 aromatic rings. The largest absolute Gasteiger partial charge is 0.492 e. The number of hydrogen-bond acceptors (Lipinski definition) is 6. The average Bonchev–Trinajstić information content (AvgIpc) is 2.77. The Morgan fingerprint density at radius 1 is 1.45 bits per heavy atom. The molecule has 0 aliphatic rings. The van der Waals surface area contributed by atoms with E-state index in [-0.39, 0.29) is 16.6 Å². The van der Waals surface area contributed by atoms with Crippen LogP contribution in [0.5, 0.6) is 5.75 Å². The molecule has 0 amide bonds. The summed E-state index contributed by atoms with van der Waals surface area (Å²) in [6.45, 7) is 2.11. The van der Waals surface area contributed by atoms with E-state index in [2.05, 4.69) is 14.8 Å². The Bertz CT molecular complexity index is 711. The maximum absolute atomic E-state index is 12.4. The third kappa shape index (κ3) is 2.82. The second kappa shape index (κ2) is 5.37. The number of rotatable bonds is 5. The van der Waals surface area contributed by atoms with Crippen LogP contribution in [0.1, 0.15) is 6.92 Å². The SMILES string of the molecule is CCOc1ccc(N)cc1S(=O)(=O)Nc1ncnn1C. The highest BCUT2D eigenvalue weighted by molar-refractivity contribution is 7.92. The number of hydrogen-bond donors (Lipinski definition) is 2. The zero-order chi connectivity index (χ0) is 14.8. The van der Waals surface area contributed by atoms with E-state index in [9.17, 15) is 8.42 Å². The number of aromatic nitrogens is 3. The second-order valence-corrected chi connectivity index (χ2v) is 5.60. The summed E-state index contributed by atoms with van der Waals surface area (Å²) >= 11 is 0. The van der Waals surface area contributed by atoms with E-state index >= 15 is 0 Å². The number of aryl methyl sites for hydroxylation is 1. The van der Waals surface area contributed by atoms with Crippen molar-refractivity contribution in [1.82, 2.24) is 14.8 Å². The number of nitrogens with two attached hydrogens (primary N) is 1. The van der Waals surface area contributed by atoms with E-state index in [4.69, 9.17) is 10.5 Å². The number of anilines is 2. The molecule has 0 radical (unpaired) electrons. The Balaban J connectivity index is 2.43. The minimum atomic E-state index is -3.86. The number of nitrogens with one attached hydrogen (secondary N) is 1. The summed E-state index contributed by atoms with van der Waals surface area (Å²) in [5.41, 5.74) is 5.97. The van der Waals surface area contributed by atoms with Gasteiger partial charge in [-0.05, 0) is 25.1 Å². The summed E-state index contributed by atoms with van der Waals surface area (Å²) in [7, 11) is -2.28. The lowest BCUT2D eigenvalue weighted by molar-refractivity contribution is 0.331. The third-order valence-corrected chi connectivity index (χ3v) is 3.84. The van der Waals surface area contributed by atoms with Crippen molar-refractivity contribution in [3.63, 3.8) is 0 Å². The first-order valence-corrected chi connectivity index (χ1v) is 7.31. The first-order chi connectivity index (χ1) is 9.44. The summed E-state index contributed by atoms with van der Waals surface area (Å²) in [6.07, 6.45) is 1.25. The molecule has 0 aliphatic heterocycles. The van der Waals surface area contributed by atoms with E-state index < -0.39 is 10.0 Å². The smallest absolute Gasteiger partial charge is 0.267 e. The minimum Gasteiger partial charge on any atom is -0.492 e. The lowest BCUT2D eigenvalue weighted by Gasteiger charge is -2.12. The zero-order valence-corrected chi connectivity index (χ0v) is 11.9. The molecule has 1 aromatic heterocycles. The second-order valence-electron chi connectivity index (χ2n) is 3.95. The molecule has 0 unspecified atom stereocenters. The van der Waals surface area contributed by atoms with E-state index in [1.54, 1.807) is 20.0 Å². The molecular formula is C11H15N5O3S. The van der Waals surface area contributed by atoms with E-state index in [0.29, 0.717) is 12.3 Å². The predicted molar refractivity (Wildman–Crippen MR) is 73.8 cm³/mol. The van der Waals surface area contributed by atoms with Crippen LogP contribution in [-0.2, 0) is 17.1 Å². The van der Waals surface area contributed by atoms with Gasteiger partial charge in [0.25, 0.3) is 10.0 Å². The predicted octanol–water partition coefficient (Wildman–Crippen LogP) is 0.597. The Hall–Kier alpha value is -2.29. The molecule has 20 heavy (non-hydrogen) atoms. The van der Waals surface area contributed by atoms with Crippen LogP contribution in [0.2, 0.25) is 0 Å². The molecule has 0 saturated heterocycles. The highest BCUT2D eigenvalue weighted by Crippen LogP contribution is 2.27. The van der Waals surface area contributed by atoms with Crippen LogP contribution < -0.4 is 15.2 Å². The maximum Gasteiger partial charge on any atom is 0.267 e. The Morgan fingerprint density at radius 2 is 2.20 bits per heavy atom. The van der Waals surface area contributed by atoms with Crippen molar-refractivity contribution in [2.24, 2.45) is 7.05 Å². The topological polar surface area (TPSA) is 112 Å². The van der Waals surface area contributed by atoms with Gasteiger partial charge in [-0.2, -0.15) is 10.1 Å². The Labute approximate surface area is 116 Å². The van der Waals surface area contributed by atoms with Crippen LogP contribution >= 0.6 is 0 Å². The Morgan fingerprint density at radius 3 is 2.80 bits per heavy atom. The summed E-state index contributed by atoms with van der Waals surface area (Å²) in [4.78, 5) is 3.77. The van der Waals surface area contributed by atoms with Gasteiger partial charge in [0.1, 0.15) is 17.0 Å². The van der Waals surface area contributed by atoms with Gasteiger partial charge in [0.15, 0.2) is 0 Å². The van der Waals surface area contributed by atoms with Gasteiger partial charge in [0, 0.05) is 12.7 Å². The molecule has 0 fully saturated rings.